The van der Waals surface area contributed by atoms with Gasteiger partial charge in [-0.15, -0.1) is 0 Å². The van der Waals surface area contributed by atoms with E-state index in [2.05, 4.69) is 253 Å². The molecule has 0 bridgehead atoms. The van der Waals surface area contributed by atoms with Gasteiger partial charge in [0, 0.05) is 33.7 Å². The van der Waals surface area contributed by atoms with Crippen molar-refractivity contribution in [3.63, 3.8) is 0 Å². The van der Waals surface area contributed by atoms with E-state index in [0.717, 1.165) is 56.1 Å². The first-order chi connectivity index (χ1) is 35.0. The normalized spacial score (nSPS) is 14.8. The number of pyridine rings is 1. The van der Waals surface area contributed by atoms with Crippen LogP contribution in [-0.4, -0.2) is 19.6 Å². The minimum Gasteiger partial charge on any atom is -0.507 e. The maximum atomic E-state index is 12.9. The van der Waals surface area contributed by atoms with Crippen molar-refractivity contribution in [3.05, 3.63) is 208 Å². The van der Waals surface area contributed by atoms with Crippen molar-refractivity contribution in [2.45, 2.75) is 130 Å². The molecular formula is C70H71N3O. The molecule has 4 nitrogen and oxygen atoms in total. The fourth-order valence-corrected chi connectivity index (χ4v) is 12.5. The number of nitrogens with zero attached hydrogens (tertiary/aromatic N) is 3. The number of benzene rings is 7. The summed E-state index contributed by atoms with van der Waals surface area (Å²) in [6.07, 6.45) is 1.94. The molecule has 0 spiro atoms. The van der Waals surface area contributed by atoms with Gasteiger partial charge in [-0.2, -0.15) is 0 Å². The molecular weight excluding hydrogens is 899 g/mol. The Morgan fingerprint density at radius 3 is 1.64 bits per heavy atom. The molecule has 7 aromatic carbocycles. The van der Waals surface area contributed by atoms with Crippen molar-refractivity contribution < 1.29 is 5.11 Å². The van der Waals surface area contributed by atoms with Gasteiger partial charge in [-0.3, -0.25) is 9.55 Å². The van der Waals surface area contributed by atoms with Crippen LogP contribution >= 0.6 is 0 Å². The van der Waals surface area contributed by atoms with E-state index in [-0.39, 0.29) is 39.2 Å². The molecule has 0 unspecified atom stereocenters. The fraction of sp³-hybridized carbons (Fsp3) is 0.286. The minimum absolute atomic E-state index is 0.161. The van der Waals surface area contributed by atoms with E-state index in [1.54, 1.807) is 0 Å². The maximum absolute atomic E-state index is 12.9. The highest BCUT2D eigenvalue weighted by molar-refractivity contribution is 6.06. The fourth-order valence-electron chi connectivity index (χ4n) is 12.5. The highest BCUT2D eigenvalue weighted by atomic mass is 16.3. The largest absolute Gasteiger partial charge is 0.507 e. The average molecular weight is 970 g/mol. The molecule has 0 saturated heterocycles. The summed E-state index contributed by atoms with van der Waals surface area (Å²) in [5, 5.41) is 12.9. The molecule has 0 saturated carbocycles. The molecule has 1 N–H and O–H groups in total. The monoisotopic (exact) mass is 970 g/mol. The van der Waals surface area contributed by atoms with Gasteiger partial charge >= 0.3 is 0 Å². The van der Waals surface area contributed by atoms with Crippen LogP contribution in [0, 0.1) is 0 Å². The lowest BCUT2D eigenvalue weighted by Gasteiger charge is -2.35. The predicted molar refractivity (Wildman–Crippen MR) is 312 cm³/mol. The summed E-state index contributed by atoms with van der Waals surface area (Å²) in [6, 6.07) is 55.5. The van der Waals surface area contributed by atoms with Gasteiger partial charge < -0.3 is 5.11 Å². The van der Waals surface area contributed by atoms with Crippen LogP contribution in [0.25, 0.3) is 78.3 Å². The van der Waals surface area contributed by atoms with E-state index in [0.29, 0.717) is 0 Å². The molecule has 372 valence electrons. The number of phenolic OH excluding ortho intramolecular Hbond substituents is 1. The molecule has 11 rings (SSSR count). The topological polar surface area (TPSA) is 50.9 Å². The zero-order chi connectivity index (χ0) is 52.4. The quantitative estimate of drug-likeness (QED) is 0.165. The Hall–Kier alpha value is -7.30. The van der Waals surface area contributed by atoms with Crippen molar-refractivity contribution in [2.75, 3.05) is 0 Å². The third kappa shape index (κ3) is 7.87. The van der Waals surface area contributed by atoms with Gasteiger partial charge in [0.1, 0.15) is 11.6 Å². The molecule has 0 amide bonds. The van der Waals surface area contributed by atoms with E-state index < -0.39 is 0 Å². The van der Waals surface area contributed by atoms with Crippen molar-refractivity contribution in [1.29, 1.82) is 0 Å². The first kappa shape index (κ1) is 48.9. The first-order valence-electron chi connectivity index (χ1n) is 26.8. The van der Waals surface area contributed by atoms with Gasteiger partial charge in [0.05, 0.1) is 28.0 Å². The van der Waals surface area contributed by atoms with Gasteiger partial charge in [-0.25, -0.2) is 4.98 Å². The molecule has 2 heterocycles. The molecule has 2 aliphatic rings. The van der Waals surface area contributed by atoms with Gasteiger partial charge in [-0.1, -0.05) is 206 Å². The number of allylic oxidation sites excluding steroid dienone is 1. The average Bonchev–Trinajstić information content (AvgIpc) is 4.02. The second-order valence-corrected chi connectivity index (χ2v) is 24.9. The van der Waals surface area contributed by atoms with E-state index in [4.69, 9.17) is 9.97 Å². The molecule has 74 heavy (non-hydrogen) atoms. The predicted octanol–water partition coefficient (Wildman–Crippen LogP) is 18.7. The van der Waals surface area contributed by atoms with Gasteiger partial charge in [-0.05, 0) is 143 Å². The zero-order valence-corrected chi connectivity index (χ0v) is 46.0. The standard InChI is InChI=1S/C70H71N3O/c1-41(2)51-36-49(46-27-25-45(26-28-46)43-21-17-15-18-22-43)37-52(42(3)4)63(51)73-59-32-31-56-61(62(59)72-66(73)54-39-50(67(5,6)7)40-57(64(54)74)68(8,9)10)60-53-35-48(29-30-55(53)69(11,12)65(60)70(56,13)14)58-38-47(33-34-71-58)44-23-19-16-20-24-44/h15-42,74H,1-14H3. The lowest BCUT2D eigenvalue weighted by atomic mass is 9.68. The number of imidazole rings is 1. The second-order valence-electron chi connectivity index (χ2n) is 24.9. The Labute approximate surface area is 439 Å². The Morgan fingerprint density at radius 2 is 1.05 bits per heavy atom. The third-order valence-electron chi connectivity index (χ3n) is 16.4. The summed E-state index contributed by atoms with van der Waals surface area (Å²) in [7, 11) is 0. The van der Waals surface area contributed by atoms with Crippen LogP contribution in [-0.2, 0) is 21.7 Å². The van der Waals surface area contributed by atoms with Gasteiger partial charge in [0.25, 0.3) is 0 Å². The smallest absolute Gasteiger partial charge is 0.149 e. The van der Waals surface area contributed by atoms with Crippen molar-refractivity contribution in [1.82, 2.24) is 14.5 Å². The van der Waals surface area contributed by atoms with Gasteiger partial charge in [0.15, 0.2) is 0 Å². The van der Waals surface area contributed by atoms with Crippen LogP contribution < -0.4 is 0 Å². The van der Waals surface area contributed by atoms with Crippen LogP contribution in [0.1, 0.15) is 153 Å². The molecule has 0 fully saturated rings. The van der Waals surface area contributed by atoms with Crippen molar-refractivity contribution in [3.8, 4) is 67.5 Å². The minimum atomic E-state index is -0.335. The van der Waals surface area contributed by atoms with E-state index in [1.807, 2.05) is 6.20 Å². The number of aromatic hydroxyl groups is 1. The number of rotatable bonds is 8. The lowest BCUT2D eigenvalue weighted by Crippen LogP contribution is -2.30. The van der Waals surface area contributed by atoms with Crippen LogP contribution in [0.15, 0.2) is 163 Å². The van der Waals surface area contributed by atoms with Crippen molar-refractivity contribution >= 4 is 16.6 Å². The molecule has 0 aliphatic heterocycles. The van der Waals surface area contributed by atoms with Crippen LogP contribution in [0.3, 0.4) is 0 Å². The summed E-state index contributed by atoms with van der Waals surface area (Å²) in [5.74, 6) is 1.36. The van der Waals surface area contributed by atoms with Crippen LogP contribution in [0.5, 0.6) is 5.75 Å². The first-order valence-corrected chi connectivity index (χ1v) is 26.8. The highest BCUT2D eigenvalue weighted by Crippen LogP contribution is 2.63. The second kappa shape index (κ2) is 17.4. The molecule has 0 atom stereocenters. The van der Waals surface area contributed by atoms with Crippen LogP contribution in [0.4, 0.5) is 0 Å². The third-order valence-corrected chi connectivity index (χ3v) is 16.4. The van der Waals surface area contributed by atoms with Crippen LogP contribution in [0.2, 0.25) is 0 Å². The molecule has 2 aliphatic carbocycles. The lowest BCUT2D eigenvalue weighted by molar-refractivity contribution is 0.446. The highest BCUT2D eigenvalue weighted by Gasteiger charge is 2.52. The molecule has 0 radical (unpaired) electrons. The Kier molecular flexibility index (Phi) is 11.5. The summed E-state index contributed by atoms with van der Waals surface area (Å²) >= 11 is 0. The molecule has 4 heteroatoms. The Balaban J connectivity index is 1.20. The number of fused-ring (bicyclic) bond motifs is 6. The van der Waals surface area contributed by atoms with E-state index in [9.17, 15) is 5.11 Å². The Morgan fingerprint density at radius 1 is 0.514 bits per heavy atom. The summed E-state index contributed by atoms with van der Waals surface area (Å²) < 4.78 is 2.44. The number of phenols is 1. The molecule has 2 aromatic heterocycles. The van der Waals surface area contributed by atoms with E-state index >= 15 is 0 Å². The van der Waals surface area contributed by atoms with E-state index in [1.165, 1.54) is 72.3 Å². The Bertz CT molecular complexity index is 3690. The van der Waals surface area contributed by atoms with Gasteiger partial charge in [0.2, 0.25) is 0 Å². The number of aromatic nitrogens is 3. The summed E-state index contributed by atoms with van der Waals surface area (Å²) in [6.45, 7) is 32.3. The summed E-state index contributed by atoms with van der Waals surface area (Å²) in [5.41, 5.74) is 24.2. The molecule has 9 aromatic rings. The maximum Gasteiger partial charge on any atom is 0.149 e. The SMILES string of the molecule is CC(C)c1cc(-c2ccc(-c3ccccc3)cc2)cc(C(C)C)c1-n1c(-c2cc(C(C)(C)C)cc(C(C)(C)C)c2O)nc2c3c(ccc21)C(C)(C)C1=C3c2cc(-c3cc(-c4ccccc4)ccn3)ccc2C1(C)C. The van der Waals surface area contributed by atoms with Crippen molar-refractivity contribution in [2.24, 2.45) is 0 Å². The summed E-state index contributed by atoms with van der Waals surface area (Å²) in [4.78, 5) is 11.0. The number of hydrogen-bond donors (Lipinski definition) is 1. The zero-order valence-electron chi connectivity index (χ0n) is 46.0. The number of hydrogen-bond acceptors (Lipinski definition) is 3.